The third kappa shape index (κ3) is 1.71. The second kappa shape index (κ2) is 4.52. The van der Waals surface area contributed by atoms with Gasteiger partial charge < -0.3 is 5.32 Å². The molecule has 0 heterocycles. The second-order valence-electron chi connectivity index (χ2n) is 6.58. The molecule has 1 aromatic rings. The molecule has 0 saturated heterocycles. The fraction of sp³-hybridized carbons (Fsp3) is 0.471. The van der Waals surface area contributed by atoms with Gasteiger partial charge in [0.2, 0.25) is 17.5 Å². The molecule has 110 valence electrons. The van der Waals surface area contributed by atoms with E-state index in [1.54, 1.807) is 0 Å². The summed E-state index contributed by atoms with van der Waals surface area (Å²) in [6.45, 7) is 4.12. The van der Waals surface area contributed by atoms with Crippen molar-refractivity contribution in [3.63, 3.8) is 0 Å². The summed E-state index contributed by atoms with van der Waals surface area (Å²) >= 11 is 0. The van der Waals surface area contributed by atoms with Crippen molar-refractivity contribution in [2.24, 2.45) is 16.7 Å². The molecule has 3 rings (SSSR count). The summed E-state index contributed by atoms with van der Waals surface area (Å²) in [6.07, 6.45) is 1.12. The van der Waals surface area contributed by atoms with Crippen LogP contribution in [0.2, 0.25) is 0 Å². The first-order valence-corrected chi connectivity index (χ1v) is 7.32. The van der Waals surface area contributed by atoms with Crippen LogP contribution in [-0.2, 0) is 20.9 Å². The molecule has 2 atom stereocenters. The van der Waals surface area contributed by atoms with Gasteiger partial charge in [0.25, 0.3) is 0 Å². The Kier molecular flexibility index (Phi) is 3.01. The minimum Gasteiger partial charge on any atom is -0.351 e. The molecule has 0 unspecified atom stereocenters. The lowest BCUT2D eigenvalue weighted by Crippen LogP contribution is -2.50. The Hall–Kier alpha value is -1.97. The fourth-order valence-electron chi connectivity index (χ4n) is 4.01. The third-order valence-corrected chi connectivity index (χ3v) is 5.39. The maximum Gasteiger partial charge on any atom is 0.235 e. The highest BCUT2D eigenvalue weighted by atomic mass is 16.2. The molecule has 21 heavy (non-hydrogen) atoms. The number of nitrogens with one attached hydrogen (secondary N) is 1. The molecule has 2 saturated carbocycles. The monoisotopic (exact) mass is 285 g/mol. The second-order valence-corrected chi connectivity index (χ2v) is 6.58. The van der Waals surface area contributed by atoms with Gasteiger partial charge >= 0.3 is 0 Å². The van der Waals surface area contributed by atoms with Crippen LogP contribution in [0.15, 0.2) is 30.3 Å². The summed E-state index contributed by atoms with van der Waals surface area (Å²) in [5.41, 5.74) is -0.766. The van der Waals surface area contributed by atoms with Crippen molar-refractivity contribution in [2.75, 3.05) is 0 Å². The van der Waals surface area contributed by atoms with Gasteiger partial charge in [-0.25, -0.2) is 0 Å². The average Bonchev–Trinajstić information content (AvgIpc) is 2.82. The molecule has 2 bridgehead atoms. The van der Waals surface area contributed by atoms with Gasteiger partial charge in [-0.15, -0.1) is 0 Å². The van der Waals surface area contributed by atoms with Gasteiger partial charge in [0.15, 0.2) is 0 Å². The van der Waals surface area contributed by atoms with E-state index in [4.69, 9.17) is 0 Å². The van der Waals surface area contributed by atoms with Crippen LogP contribution in [0.3, 0.4) is 0 Å². The van der Waals surface area contributed by atoms with E-state index in [0.717, 1.165) is 5.56 Å². The Bertz CT molecular complexity index is 620. The van der Waals surface area contributed by atoms with Gasteiger partial charge in [-0.05, 0) is 23.8 Å². The first-order valence-electron chi connectivity index (χ1n) is 7.32. The predicted octanol–water partition coefficient (Wildman–Crippen LogP) is 1.88. The topological polar surface area (TPSA) is 63.2 Å². The quantitative estimate of drug-likeness (QED) is 0.681. The van der Waals surface area contributed by atoms with Crippen LogP contribution in [-0.4, -0.2) is 17.5 Å². The summed E-state index contributed by atoms with van der Waals surface area (Å²) < 4.78 is 0. The molecular formula is C17H19NO3. The van der Waals surface area contributed by atoms with E-state index < -0.39 is 16.6 Å². The van der Waals surface area contributed by atoms with Crippen molar-refractivity contribution in [2.45, 2.75) is 33.2 Å². The zero-order valence-corrected chi connectivity index (χ0v) is 12.3. The number of rotatable bonds is 3. The SMILES string of the molecule is CC1(C)[C@H]2CC[C@@]1(C(=O)NCc1ccccc1)C(=O)C2=O. The van der Waals surface area contributed by atoms with Gasteiger partial charge in [0, 0.05) is 12.5 Å². The number of ketones is 2. The maximum atomic E-state index is 12.7. The fourth-order valence-corrected chi connectivity index (χ4v) is 4.01. The molecule has 1 amide bonds. The summed E-state index contributed by atoms with van der Waals surface area (Å²) in [4.78, 5) is 37.1. The molecule has 1 N–H and O–H groups in total. The van der Waals surface area contributed by atoms with Crippen LogP contribution in [0.4, 0.5) is 0 Å². The van der Waals surface area contributed by atoms with Crippen molar-refractivity contribution in [3.8, 4) is 0 Å². The highest BCUT2D eigenvalue weighted by Crippen LogP contribution is 2.62. The number of carbonyl (C=O) groups is 3. The summed E-state index contributed by atoms with van der Waals surface area (Å²) in [5, 5.41) is 2.85. The number of hydrogen-bond donors (Lipinski definition) is 1. The highest BCUT2D eigenvalue weighted by molar-refractivity contribution is 6.47. The van der Waals surface area contributed by atoms with E-state index in [1.807, 2.05) is 44.2 Å². The number of Topliss-reactive ketones (excluding diaryl/α,β-unsaturated/α-hetero) is 2. The molecule has 2 fully saturated rings. The lowest BCUT2D eigenvalue weighted by molar-refractivity contribution is -0.149. The third-order valence-electron chi connectivity index (χ3n) is 5.39. The van der Waals surface area contributed by atoms with E-state index in [0.29, 0.717) is 19.4 Å². The lowest BCUT2D eigenvalue weighted by atomic mass is 9.68. The van der Waals surface area contributed by atoms with Crippen LogP contribution >= 0.6 is 0 Å². The highest BCUT2D eigenvalue weighted by Gasteiger charge is 2.72. The van der Waals surface area contributed by atoms with Crippen molar-refractivity contribution in [1.82, 2.24) is 5.32 Å². The van der Waals surface area contributed by atoms with Crippen LogP contribution in [0.25, 0.3) is 0 Å². The van der Waals surface area contributed by atoms with Crippen LogP contribution in [0, 0.1) is 16.7 Å². The van der Waals surface area contributed by atoms with Gasteiger partial charge in [0.1, 0.15) is 5.41 Å². The molecule has 0 spiro atoms. The summed E-state index contributed by atoms with van der Waals surface area (Å²) in [7, 11) is 0. The largest absolute Gasteiger partial charge is 0.351 e. The number of hydrogen-bond acceptors (Lipinski definition) is 3. The standard InChI is InChI=1S/C17H19NO3/c1-16(2)12-8-9-17(16,14(20)13(12)19)15(21)18-10-11-6-4-3-5-7-11/h3-7,12H,8-10H2,1-2H3,(H,18,21)/t12-,17-/m0/s1. The first kappa shape index (κ1) is 14.0. The average molecular weight is 285 g/mol. The van der Waals surface area contributed by atoms with Gasteiger partial charge in [-0.1, -0.05) is 44.2 Å². The molecule has 2 aliphatic carbocycles. The van der Waals surface area contributed by atoms with Crippen LogP contribution in [0.5, 0.6) is 0 Å². The lowest BCUT2D eigenvalue weighted by Gasteiger charge is -2.33. The number of benzene rings is 1. The Morgan fingerprint density at radius 2 is 1.90 bits per heavy atom. The Labute approximate surface area is 123 Å². The molecule has 2 aliphatic rings. The minimum atomic E-state index is -1.16. The summed E-state index contributed by atoms with van der Waals surface area (Å²) in [5.74, 6) is -1.45. The number of carbonyl (C=O) groups excluding carboxylic acids is 3. The van der Waals surface area contributed by atoms with Gasteiger partial charge in [0.05, 0.1) is 0 Å². The van der Waals surface area contributed by atoms with E-state index in [1.165, 1.54) is 0 Å². The minimum absolute atomic E-state index is 0.297. The summed E-state index contributed by atoms with van der Waals surface area (Å²) in [6, 6.07) is 9.55. The van der Waals surface area contributed by atoms with Gasteiger partial charge in [-0.3, -0.25) is 14.4 Å². The predicted molar refractivity (Wildman–Crippen MR) is 77.2 cm³/mol. The van der Waals surface area contributed by atoms with Crippen LogP contribution in [0.1, 0.15) is 32.3 Å². The Morgan fingerprint density at radius 3 is 2.48 bits per heavy atom. The zero-order chi connectivity index (χ0) is 15.3. The Balaban J connectivity index is 1.83. The molecule has 0 aliphatic heterocycles. The molecular weight excluding hydrogens is 266 g/mol. The molecule has 4 nitrogen and oxygen atoms in total. The normalized spacial score (nSPS) is 29.7. The van der Waals surface area contributed by atoms with E-state index in [9.17, 15) is 14.4 Å². The Morgan fingerprint density at radius 1 is 1.24 bits per heavy atom. The molecule has 0 aromatic heterocycles. The molecule has 4 heteroatoms. The smallest absolute Gasteiger partial charge is 0.235 e. The molecule has 0 radical (unpaired) electrons. The number of amides is 1. The van der Waals surface area contributed by atoms with Crippen molar-refractivity contribution in [3.05, 3.63) is 35.9 Å². The van der Waals surface area contributed by atoms with Gasteiger partial charge in [-0.2, -0.15) is 0 Å². The van der Waals surface area contributed by atoms with Crippen molar-refractivity contribution in [1.29, 1.82) is 0 Å². The molecule has 1 aromatic carbocycles. The maximum absolute atomic E-state index is 12.7. The number of fused-ring (bicyclic) bond motifs is 2. The van der Waals surface area contributed by atoms with E-state index in [2.05, 4.69) is 5.32 Å². The first-order chi connectivity index (χ1) is 9.91. The van der Waals surface area contributed by atoms with E-state index >= 15 is 0 Å². The zero-order valence-electron chi connectivity index (χ0n) is 12.3. The van der Waals surface area contributed by atoms with Crippen molar-refractivity contribution >= 4 is 17.5 Å². The van der Waals surface area contributed by atoms with Crippen LogP contribution < -0.4 is 5.32 Å². The van der Waals surface area contributed by atoms with Crippen molar-refractivity contribution < 1.29 is 14.4 Å². The van der Waals surface area contributed by atoms with E-state index in [-0.39, 0.29) is 17.6 Å².